The molecule has 0 aliphatic heterocycles. The van der Waals surface area contributed by atoms with Crippen molar-refractivity contribution in [2.24, 2.45) is 0 Å². The molecule has 1 aromatic rings. The van der Waals surface area contributed by atoms with Crippen LogP contribution in [0.3, 0.4) is 0 Å². The molecule has 1 rings (SSSR count). The fourth-order valence-corrected chi connectivity index (χ4v) is 0.851. The molecule has 0 amide bonds. The smallest absolute Gasteiger partial charge is 0.331 e. The number of aliphatic carboxylic acids is 1. The van der Waals surface area contributed by atoms with Crippen LogP contribution in [-0.4, -0.2) is 11.1 Å². The maximum absolute atomic E-state index is 9.94. The molecule has 0 saturated carbocycles. The molecule has 2 nitrogen and oxygen atoms in total. The summed E-state index contributed by atoms with van der Waals surface area (Å²) in [5.74, 6) is -0.954. The van der Waals surface area contributed by atoms with Gasteiger partial charge in [0.25, 0.3) is 0 Å². The Labute approximate surface area is 96.2 Å². The van der Waals surface area contributed by atoms with Gasteiger partial charge in [-0.25, -0.2) is 4.79 Å². The van der Waals surface area contributed by atoms with Crippen molar-refractivity contribution in [3.63, 3.8) is 0 Å². The highest BCUT2D eigenvalue weighted by molar-refractivity contribution is 5.85. The topological polar surface area (TPSA) is 37.3 Å². The van der Waals surface area contributed by atoms with Crippen LogP contribution in [0.1, 0.15) is 12.0 Å². The minimum atomic E-state index is -0.954. The second-order valence-corrected chi connectivity index (χ2v) is 3.02. The zero-order valence-corrected chi connectivity index (χ0v) is 9.23. The van der Waals surface area contributed by atoms with Gasteiger partial charge in [0, 0.05) is 5.57 Å². The van der Waals surface area contributed by atoms with Crippen molar-refractivity contribution in [3.05, 3.63) is 67.3 Å². The minimum absolute atomic E-state index is 0.181. The number of carboxylic acid groups (broad SMARTS) is 1. The Morgan fingerprint density at radius 2 is 1.81 bits per heavy atom. The highest BCUT2D eigenvalue weighted by Gasteiger charge is 1.97. The first-order valence-corrected chi connectivity index (χ1v) is 4.81. The predicted molar refractivity (Wildman–Crippen MR) is 68.1 cm³/mol. The largest absolute Gasteiger partial charge is 0.478 e. The third kappa shape index (κ3) is 6.38. The normalized spacial score (nSPS) is 8.25. The van der Waals surface area contributed by atoms with Gasteiger partial charge in [0.2, 0.25) is 0 Å². The highest BCUT2D eigenvalue weighted by atomic mass is 16.4. The Bertz CT molecular complexity index is 364. The summed E-state index contributed by atoms with van der Waals surface area (Å²) in [6.45, 7) is 10.3. The summed E-state index contributed by atoms with van der Waals surface area (Å²) >= 11 is 0. The van der Waals surface area contributed by atoms with E-state index in [0.717, 1.165) is 0 Å². The number of carbonyl (C=O) groups is 1. The van der Waals surface area contributed by atoms with Crippen molar-refractivity contribution in [3.8, 4) is 0 Å². The fourth-order valence-electron chi connectivity index (χ4n) is 0.851. The molecule has 0 aliphatic carbocycles. The molecule has 1 N–H and O–H groups in total. The van der Waals surface area contributed by atoms with Gasteiger partial charge in [0.05, 0.1) is 0 Å². The van der Waals surface area contributed by atoms with E-state index in [4.69, 9.17) is 5.11 Å². The van der Waals surface area contributed by atoms with Crippen LogP contribution < -0.4 is 0 Å². The fraction of sp³-hybridized carbons (Fsp3) is 0.0714. The van der Waals surface area contributed by atoms with Crippen LogP contribution >= 0.6 is 0 Å². The maximum Gasteiger partial charge on any atom is 0.331 e. The average Bonchev–Trinajstić information content (AvgIpc) is 2.31. The zero-order valence-electron chi connectivity index (χ0n) is 9.23. The van der Waals surface area contributed by atoms with Crippen molar-refractivity contribution in [2.45, 2.75) is 6.42 Å². The van der Waals surface area contributed by atoms with Gasteiger partial charge in [-0.15, -0.1) is 6.58 Å². The molecule has 0 heterocycles. The van der Waals surface area contributed by atoms with Gasteiger partial charge in [-0.3, -0.25) is 0 Å². The van der Waals surface area contributed by atoms with E-state index in [0.29, 0.717) is 6.42 Å². The van der Waals surface area contributed by atoms with E-state index in [2.05, 4.69) is 19.7 Å². The number of benzene rings is 1. The predicted octanol–water partition coefficient (Wildman–Crippen LogP) is 3.53. The lowest BCUT2D eigenvalue weighted by Gasteiger charge is -1.89. The summed E-state index contributed by atoms with van der Waals surface area (Å²) in [6, 6.07) is 10.0. The lowest BCUT2D eigenvalue weighted by Crippen LogP contribution is -1.96. The second kappa shape index (κ2) is 8.24. The van der Waals surface area contributed by atoms with Crippen molar-refractivity contribution >= 4 is 12.0 Å². The summed E-state index contributed by atoms with van der Waals surface area (Å²) in [5, 5.41) is 8.17. The van der Waals surface area contributed by atoms with Gasteiger partial charge in [-0.1, -0.05) is 55.6 Å². The van der Waals surface area contributed by atoms with E-state index < -0.39 is 5.97 Å². The van der Waals surface area contributed by atoms with Crippen LogP contribution in [0.4, 0.5) is 0 Å². The van der Waals surface area contributed by atoms with E-state index in [1.807, 2.05) is 36.4 Å². The number of hydrogen-bond acceptors (Lipinski definition) is 1. The van der Waals surface area contributed by atoms with Gasteiger partial charge >= 0.3 is 5.97 Å². The van der Waals surface area contributed by atoms with E-state index in [1.165, 1.54) is 11.6 Å². The first-order valence-electron chi connectivity index (χ1n) is 4.81. The summed E-state index contributed by atoms with van der Waals surface area (Å²) in [6.07, 6.45) is 3.70. The van der Waals surface area contributed by atoms with Crippen molar-refractivity contribution in [2.75, 3.05) is 0 Å². The van der Waals surface area contributed by atoms with Gasteiger partial charge < -0.3 is 5.11 Å². The molecule has 2 heteroatoms. The van der Waals surface area contributed by atoms with Crippen molar-refractivity contribution in [1.29, 1.82) is 0 Å². The van der Waals surface area contributed by atoms with E-state index >= 15 is 0 Å². The first-order chi connectivity index (χ1) is 7.61. The Balaban J connectivity index is 0.000000281. The number of hydrogen-bond donors (Lipinski definition) is 1. The molecule has 1 aromatic carbocycles. The molecule has 0 fully saturated rings. The van der Waals surface area contributed by atoms with Crippen LogP contribution in [0, 0.1) is 0 Å². The Hall–Kier alpha value is -2.09. The highest BCUT2D eigenvalue weighted by Crippen LogP contribution is 1.97. The quantitative estimate of drug-likeness (QED) is 0.617. The molecule has 0 unspecified atom stereocenters. The van der Waals surface area contributed by atoms with E-state index in [-0.39, 0.29) is 5.57 Å². The van der Waals surface area contributed by atoms with Crippen LogP contribution in [0.5, 0.6) is 0 Å². The Kier molecular flexibility index (Phi) is 7.16. The first kappa shape index (κ1) is 13.9. The molecule has 0 atom stereocenters. The number of carboxylic acids is 1. The van der Waals surface area contributed by atoms with Crippen LogP contribution in [0.15, 0.2) is 61.7 Å². The third-order valence-electron chi connectivity index (χ3n) is 1.73. The molecule has 0 spiro atoms. The number of allylic oxidation sites excluding steroid dienone is 1. The standard InChI is InChI=1S/C8H8.C6H8O2/c1-2-8-6-4-3-5-7-8;1-3-4-5(2)6(7)8/h2-7H,1H2;3H,1-2,4H2,(H,7,8). The zero-order chi connectivity index (χ0) is 12.4. The van der Waals surface area contributed by atoms with Crippen LogP contribution in [0.25, 0.3) is 6.08 Å². The number of rotatable bonds is 4. The van der Waals surface area contributed by atoms with Crippen molar-refractivity contribution in [1.82, 2.24) is 0 Å². The monoisotopic (exact) mass is 216 g/mol. The molecular formula is C14H16O2. The summed E-state index contributed by atoms with van der Waals surface area (Å²) in [7, 11) is 0. The van der Waals surface area contributed by atoms with E-state index in [1.54, 1.807) is 0 Å². The van der Waals surface area contributed by atoms with Gasteiger partial charge in [-0.05, 0) is 12.0 Å². The molecule has 0 radical (unpaired) electrons. The summed E-state index contributed by atoms with van der Waals surface area (Å²) < 4.78 is 0. The molecule has 0 aliphatic rings. The van der Waals surface area contributed by atoms with Gasteiger partial charge in [0.1, 0.15) is 0 Å². The van der Waals surface area contributed by atoms with Crippen molar-refractivity contribution < 1.29 is 9.90 Å². The van der Waals surface area contributed by atoms with E-state index in [9.17, 15) is 4.79 Å². The SMILES string of the molecule is C=CCC(=C)C(=O)O.C=Cc1ccccc1. The average molecular weight is 216 g/mol. The molecule has 0 aromatic heterocycles. The summed E-state index contributed by atoms with van der Waals surface area (Å²) in [5.41, 5.74) is 1.35. The molecule has 16 heavy (non-hydrogen) atoms. The molecule has 0 bridgehead atoms. The Morgan fingerprint density at radius 1 is 1.25 bits per heavy atom. The van der Waals surface area contributed by atoms with Crippen LogP contribution in [0.2, 0.25) is 0 Å². The Morgan fingerprint density at radius 3 is 2.06 bits per heavy atom. The van der Waals surface area contributed by atoms with Gasteiger partial charge in [0.15, 0.2) is 0 Å². The lowest BCUT2D eigenvalue weighted by molar-refractivity contribution is -0.132. The third-order valence-corrected chi connectivity index (χ3v) is 1.73. The molecular weight excluding hydrogens is 200 g/mol. The van der Waals surface area contributed by atoms with Gasteiger partial charge in [-0.2, -0.15) is 0 Å². The van der Waals surface area contributed by atoms with Crippen LogP contribution in [-0.2, 0) is 4.79 Å². The molecule has 0 saturated heterocycles. The lowest BCUT2D eigenvalue weighted by atomic mass is 10.2. The maximum atomic E-state index is 9.94. The second-order valence-electron chi connectivity index (χ2n) is 3.02. The molecule has 84 valence electrons. The minimum Gasteiger partial charge on any atom is -0.478 e. The summed E-state index contributed by atoms with van der Waals surface area (Å²) in [4.78, 5) is 9.94.